The Kier molecular flexibility index (Phi) is 3.08. The summed E-state index contributed by atoms with van der Waals surface area (Å²) in [5.74, 6) is 0.0349. The van der Waals surface area contributed by atoms with Crippen LogP contribution >= 0.6 is 0 Å². The molecule has 0 bridgehead atoms. The summed E-state index contributed by atoms with van der Waals surface area (Å²) < 4.78 is 0. The minimum Gasteiger partial charge on any atom is -0.363 e. The van der Waals surface area contributed by atoms with Crippen molar-refractivity contribution in [2.75, 3.05) is 0 Å². The standard InChI is InChI=1S/C12H19NO2/c13-12(15)11(14)10-7-3-5-8-4-1-2-6-9(8)10/h8-10H,1-7H2,(H2,13,15). The molecule has 0 radical (unpaired) electrons. The lowest BCUT2D eigenvalue weighted by Crippen LogP contribution is -2.40. The molecule has 84 valence electrons. The Balaban J connectivity index is 2.09. The second-order valence-electron chi connectivity index (χ2n) is 4.97. The fourth-order valence-electron chi connectivity index (χ4n) is 3.45. The van der Waals surface area contributed by atoms with Crippen LogP contribution in [0.2, 0.25) is 0 Å². The molecule has 3 heteroatoms. The van der Waals surface area contributed by atoms with E-state index in [1.54, 1.807) is 0 Å². The van der Waals surface area contributed by atoms with Gasteiger partial charge in [-0.05, 0) is 24.7 Å². The molecule has 0 aromatic carbocycles. The van der Waals surface area contributed by atoms with Crippen molar-refractivity contribution in [3.8, 4) is 0 Å². The van der Waals surface area contributed by atoms with Crippen molar-refractivity contribution in [1.82, 2.24) is 0 Å². The molecule has 2 N–H and O–H groups in total. The largest absolute Gasteiger partial charge is 0.363 e. The van der Waals surface area contributed by atoms with E-state index in [1.165, 1.54) is 25.7 Å². The van der Waals surface area contributed by atoms with Gasteiger partial charge in [-0.2, -0.15) is 0 Å². The molecule has 2 aliphatic carbocycles. The van der Waals surface area contributed by atoms with Gasteiger partial charge in [0.1, 0.15) is 0 Å². The molecule has 2 rings (SSSR count). The zero-order valence-corrected chi connectivity index (χ0v) is 9.08. The molecule has 15 heavy (non-hydrogen) atoms. The lowest BCUT2D eigenvalue weighted by atomic mass is 9.64. The van der Waals surface area contributed by atoms with E-state index in [0.29, 0.717) is 11.8 Å². The van der Waals surface area contributed by atoms with Gasteiger partial charge in [0.15, 0.2) is 0 Å². The number of Topliss-reactive ketones (excluding diaryl/α,β-unsaturated/α-hetero) is 1. The fourth-order valence-corrected chi connectivity index (χ4v) is 3.45. The molecule has 0 heterocycles. The molecule has 0 spiro atoms. The van der Waals surface area contributed by atoms with Crippen LogP contribution in [0, 0.1) is 17.8 Å². The van der Waals surface area contributed by atoms with Crippen LogP contribution in [0.4, 0.5) is 0 Å². The van der Waals surface area contributed by atoms with E-state index >= 15 is 0 Å². The van der Waals surface area contributed by atoms with Gasteiger partial charge in [0.25, 0.3) is 5.91 Å². The van der Waals surface area contributed by atoms with Gasteiger partial charge < -0.3 is 5.73 Å². The highest BCUT2D eigenvalue weighted by atomic mass is 16.2. The summed E-state index contributed by atoms with van der Waals surface area (Å²) in [4.78, 5) is 22.6. The van der Waals surface area contributed by atoms with Gasteiger partial charge in [-0.3, -0.25) is 9.59 Å². The zero-order chi connectivity index (χ0) is 10.8. The van der Waals surface area contributed by atoms with Gasteiger partial charge in [0.2, 0.25) is 5.78 Å². The number of fused-ring (bicyclic) bond motifs is 1. The van der Waals surface area contributed by atoms with Gasteiger partial charge in [-0.1, -0.05) is 32.1 Å². The highest BCUT2D eigenvalue weighted by Crippen LogP contribution is 2.43. The van der Waals surface area contributed by atoms with Gasteiger partial charge >= 0.3 is 0 Å². The van der Waals surface area contributed by atoms with Crippen LogP contribution < -0.4 is 5.73 Å². The monoisotopic (exact) mass is 209 g/mol. The van der Waals surface area contributed by atoms with Crippen LogP contribution in [0.25, 0.3) is 0 Å². The zero-order valence-electron chi connectivity index (χ0n) is 9.08. The summed E-state index contributed by atoms with van der Waals surface area (Å²) in [5, 5.41) is 0. The van der Waals surface area contributed by atoms with E-state index in [4.69, 9.17) is 5.73 Å². The van der Waals surface area contributed by atoms with Crippen molar-refractivity contribution in [3.63, 3.8) is 0 Å². The van der Waals surface area contributed by atoms with Crippen molar-refractivity contribution in [1.29, 1.82) is 0 Å². The van der Waals surface area contributed by atoms with Crippen molar-refractivity contribution in [2.24, 2.45) is 23.5 Å². The number of carbonyl (C=O) groups is 2. The van der Waals surface area contributed by atoms with E-state index in [2.05, 4.69) is 0 Å². The lowest BCUT2D eigenvalue weighted by molar-refractivity contribution is -0.141. The van der Waals surface area contributed by atoms with E-state index in [0.717, 1.165) is 19.3 Å². The van der Waals surface area contributed by atoms with Gasteiger partial charge in [-0.15, -0.1) is 0 Å². The maximum Gasteiger partial charge on any atom is 0.285 e. The third-order valence-corrected chi connectivity index (χ3v) is 4.15. The Morgan fingerprint density at radius 3 is 2.33 bits per heavy atom. The number of nitrogens with two attached hydrogens (primary N) is 1. The third-order valence-electron chi connectivity index (χ3n) is 4.15. The second-order valence-corrected chi connectivity index (χ2v) is 4.97. The molecule has 2 fully saturated rings. The molecular weight excluding hydrogens is 190 g/mol. The maximum absolute atomic E-state index is 11.7. The van der Waals surface area contributed by atoms with Crippen LogP contribution in [0.1, 0.15) is 44.9 Å². The molecule has 0 aliphatic heterocycles. The number of carbonyl (C=O) groups excluding carboxylic acids is 2. The summed E-state index contributed by atoms with van der Waals surface area (Å²) in [6.07, 6.45) is 8.07. The van der Waals surface area contributed by atoms with E-state index in [9.17, 15) is 9.59 Å². The first-order chi connectivity index (χ1) is 7.20. The molecule has 2 saturated carbocycles. The Morgan fingerprint density at radius 2 is 1.60 bits per heavy atom. The Morgan fingerprint density at radius 1 is 0.933 bits per heavy atom. The smallest absolute Gasteiger partial charge is 0.285 e. The van der Waals surface area contributed by atoms with Crippen LogP contribution in [-0.2, 0) is 9.59 Å². The summed E-state index contributed by atoms with van der Waals surface area (Å²) in [6.45, 7) is 0. The maximum atomic E-state index is 11.7. The summed E-state index contributed by atoms with van der Waals surface area (Å²) >= 11 is 0. The number of primary amides is 1. The van der Waals surface area contributed by atoms with Gasteiger partial charge in [0.05, 0.1) is 0 Å². The van der Waals surface area contributed by atoms with Crippen LogP contribution in [0.15, 0.2) is 0 Å². The average molecular weight is 209 g/mol. The van der Waals surface area contributed by atoms with Gasteiger partial charge in [0, 0.05) is 5.92 Å². The predicted octanol–water partition coefficient (Wildman–Crippen LogP) is 1.65. The molecule has 0 saturated heterocycles. The highest BCUT2D eigenvalue weighted by molar-refractivity contribution is 6.36. The number of hydrogen-bond acceptors (Lipinski definition) is 2. The molecule has 3 unspecified atom stereocenters. The molecule has 2 aliphatic rings. The molecular formula is C12H19NO2. The minimum atomic E-state index is -0.730. The van der Waals surface area contributed by atoms with Crippen LogP contribution in [0.5, 0.6) is 0 Å². The second kappa shape index (κ2) is 4.33. The number of rotatable bonds is 2. The molecule has 0 aromatic rings. The summed E-state index contributed by atoms with van der Waals surface area (Å²) in [6, 6.07) is 0. The van der Waals surface area contributed by atoms with Crippen molar-refractivity contribution < 1.29 is 9.59 Å². The van der Waals surface area contributed by atoms with Crippen LogP contribution in [-0.4, -0.2) is 11.7 Å². The van der Waals surface area contributed by atoms with Crippen LogP contribution in [0.3, 0.4) is 0 Å². The highest BCUT2D eigenvalue weighted by Gasteiger charge is 2.39. The average Bonchev–Trinajstić information content (AvgIpc) is 2.27. The fraction of sp³-hybridized carbons (Fsp3) is 0.833. The predicted molar refractivity (Wildman–Crippen MR) is 57.0 cm³/mol. The number of amides is 1. The topological polar surface area (TPSA) is 60.2 Å². The number of hydrogen-bond donors (Lipinski definition) is 1. The first-order valence-corrected chi connectivity index (χ1v) is 6.04. The first-order valence-electron chi connectivity index (χ1n) is 6.04. The van der Waals surface area contributed by atoms with Gasteiger partial charge in [-0.25, -0.2) is 0 Å². The quantitative estimate of drug-likeness (QED) is 0.703. The third kappa shape index (κ3) is 2.06. The Bertz CT molecular complexity index is 273. The van der Waals surface area contributed by atoms with Crippen molar-refractivity contribution >= 4 is 11.7 Å². The van der Waals surface area contributed by atoms with E-state index < -0.39 is 5.91 Å². The minimum absolute atomic E-state index is 0.0541. The molecule has 0 aromatic heterocycles. The summed E-state index contributed by atoms with van der Waals surface area (Å²) in [5.41, 5.74) is 5.10. The number of ketones is 1. The van der Waals surface area contributed by atoms with E-state index in [-0.39, 0.29) is 11.7 Å². The molecule has 1 amide bonds. The SMILES string of the molecule is NC(=O)C(=O)C1CCCC2CCCCC21. The first kappa shape index (κ1) is 10.7. The molecule has 3 atom stereocenters. The Labute approximate surface area is 90.4 Å². The van der Waals surface area contributed by atoms with E-state index in [1.807, 2.05) is 0 Å². The Hall–Kier alpha value is -0.860. The van der Waals surface area contributed by atoms with Crippen molar-refractivity contribution in [2.45, 2.75) is 44.9 Å². The van der Waals surface area contributed by atoms with Crippen molar-refractivity contribution in [3.05, 3.63) is 0 Å². The summed E-state index contributed by atoms with van der Waals surface area (Å²) in [7, 11) is 0. The lowest BCUT2D eigenvalue weighted by Gasteiger charge is -2.40. The normalized spacial score (nSPS) is 35.6. The molecule has 3 nitrogen and oxygen atoms in total.